The topological polar surface area (TPSA) is 41.5 Å². The lowest BCUT2D eigenvalue weighted by Crippen LogP contribution is -2.19. The van der Waals surface area contributed by atoms with E-state index in [0.717, 1.165) is 17.5 Å². The molecule has 0 saturated carbocycles. The van der Waals surface area contributed by atoms with E-state index in [1.54, 1.807) is 12.1 Å². The maximum Gasteiger partial charge on any atom is 0.244 e. The number of carbonyl (C=O) groups excluding carboxylic acids is 1. The SMILES string of the molecule is CCc1ccc(CC(=O)N/N=C/c2ccc(F)cc2)cc1. The highest BCUT2D eigenvalue weighted by molar-refractivity contribution is 5.83. The van der Waals surface area contributed by atoms with E-state index in [0.29, 0.717) is 0 Å². The minimum Gasteiger partial charge on any atom is -0.273 e. The van der Waals surface area contributed by atoms with Crippen LogP contribution in [-0.2, 0) is 17.6 Å². The van der Waals surface area contributed by atoms with Crippen molar-refractivity contribution in [1.82, 2.24) is 5.43 Å². The van der Waals surface area contributed by atoms with Gasteiger partial charge in [-0.05, 0) is 35.2 Å². The van der Waals surface area contributed by atoms with Crippen LogP contribution in [0.5, 0.6) is 0 Å². The molecule has 0 radical (unpaired) electrons. The molecule has 21 heavy (non-hydrogen) atoms. The van der Waals surface area contributed by atoms with Crippen molar-refractivity contribution >= 4 is 12.1 Å². The van der Waals surface area contributed by atoms with Gasteiger partial charge in [0.2, 0.25) is 5.91 Å². The Morgan fingerprint density at radius 2 is 1.71 bits per heavy atom. The fraction of sp³-hybridized carbons (Fsp3) is 0.176. The highest BCUT2D eigenvalue weighted by Crippen LogP contribution is 2.05. The second kappa shape index (κ2) is 7.33. The molecule has 3 nitrogen and oxygen atoms in total. The van der Waals surface area contributed by atoms with Gasteiger partial charge in [-0.2, -0.15) is 5.10 Å². The number of hydrazone groups is 1. The second-order valence-corrected chi connectivity index (χ2v) is 4.69. The summed E-state index contributed by atoms with van der Waals surface area (Å²) >= 11 is 0. The van der Waals surface area contributed by atoms with Crippen LogP contribution in [0.3, 0.4) is 0 Å². The molecule has 0 unspecified atom stereocenters. The van der Waals surface area contributed by atoms with Crippen LogP contribution in [0.2, 0.25) is 0 Å². The number of rotatable bonds is 5. The number of nitrogens with one attached hydrogen (secondary N) is 1. The Labute approximate surface area is 123 Å². The number of hydrogen-bond acceptors (Lipinski definition) is 2. The molecule has 0 heterocycles. The summed E-state index contributed by atoms with van der Waals surface area (Å²) in [4.78, 5) is 11.7. The van der Waals surface area contributed by atoms with Gasteiger partial charge < -0.3 is 0 Å². The molecule has 0 saturated heterocycles. The van der Waals surface area contributed by atoms with Gasteiger partial charge in [-0.1, -0.05) is 43.3 Å². The highest BCUT2D eigenvalue weighted by Gasteiger charge is 2.01. The number of benzene rings is 2. The number of halogens is 1. The minimum atomic E-state index is -0.299. The smallest absolute Gasteiger partial charge is 0.244 e. The summed E-state index contributed by atoms with van der Waals surface area (Å²) in [6.07, 6.45) is 2.75. The monoisotopic (exact) mass is 284 g/mol. The summed E-state index contributed by atoms with van der Waals surface area (Å²) in [6.45, 7) is 2.09. The van der Waals surface area contributed by atoms with Crippen molar-refractivity contribution in [3.63, 3.8) is 0 Å². The van der Waals surface area contributed by atoms with Gasteiger partial charge in [0.15, 0.2) is 0 Å². The maximum atomic E-state index is 12.7. The first kappa shape index (κ1) is 14.9. The molecule has 0 bridgehead atoms. The van der Waals surface area contributed by atoms with Crippen molar-refractivity contribution in [2.75, 3.05) is 0 Å². The van der Waals surface area contributed by atoms with Crippen molar-refractivity contribution in [2.45, 2.75) is 19.8 Å². The first-order valence-corrected chi connectivity index (χ1v) is 6.82. The predicted octanol–water partition coefficient (Wildman–Crippen LogP) is 3.08. The number of hydrogen-bond donors (Lipinski definition) is 1. The van der Waals surface area contributed by atoms with Crippen LogP contribution in [0, 0.1) is 5.82 Å². The molecule has 0 aliphatic rings. The summed E-state index contributed by atoms with van der Waals surface area (Å²) in [7, 11) is 0. The molecule has 2 rings (SSSR count). The van der Waals surface area contributed by atoms with E-state index in [1.165, 1.54) is 23.9 Å². The van der Waals surface area contributed by atoms with Gasteiger partial charge in [-0.15, -0.1) is 0 Å². The fourth-order valence-corrected chi connectivity index (χ4v) is 1.85. The van der Waals surface area contributed by atoms with Crippen molar-refractivity contribution < 1.29 is 9.18 Å². The van der Waals surface area contributed by atoms with Crippen molar-refractivity contribution in [3.05, 3.63) is 71.0 Å². The minimum absolute atomic E-state index is 0.183. The van der Waals surface area contributed by atoms with E-state index >= 15 is 0 Å². The van der Waals surface area contributed by atoms with Crippen LogP contribution in [-0.4, -0.2) is 12.1 Å². The van der Waals surface area contributed by atoms with Gasteiger partial charge >= 0.3 is 0 Å². The molecule has 0 aromatic heterocycles. The van der Waals surface area contributed by atoms with Crippen LogP contribution in [0.25, 0.3) is 0 Å². The fourth-order valence-electron chi connectivity index (χ4n) is 1.85. The van der Waals surface area contributed by atoms with Gasteiger partial charge in [0.25, 0.3) is 0 Å². The molecule has 0 atom stereocenters. The molecule has 1 amide bonds. The van der Waals surface area contributed by atoms with Gasteiger partial charge in [-0.25, -0.2) is 9.82 Å². The Bertz CT molecular complexity index is 618. The lowest BCUT2D eigenvalue weighted by Gasteiger charge is -2.02. The molecule has 2 aromatic carbocycles. The van der Waals surface area contributed by atoms with Gasteiger partial charge in [0.1, 0.15) is 5.82 Å². The lowest BCUT2D eigenvalue weighted by molar-refractivity contribution is -0.120. The normalized spacial score (nSPS) is 10.8. The van der Waals surface area contributed by atoms with E-state index in [2.05, 4.69) is 17.5 Å². The number of aryl methyl sites for hydroxylation is 1. The van der Waals surface area contributed by atoms with E-state index in [9.17, 15) is 9.18 Å². The highest BCUT2D eigenvalue weighted by atomic mass is 19.1. The average molecular weight is 284 g/mol. The molecular weight excluding hydrogens is 267 g/mol. The molecule has 1 N–H and O–H groups in total. The largest absolute Gasteiger partial charge is 0.273 e. The zero-order chi connectivity index (χ0) is 15.1. The van der Waals surface area contributed by atoms with Gasteiger partial charge in [-0.3, -0.25) is 4.79 Å². The van der Waals surface area contributed by atoms with Crippen molar-refractivity contribution in [2.24, 2.45) is 5.10 Å². The van der Waals surface area contributed by atoms with E-state index < -0.39 is 0 Å². The molecule has 4 heteroatoms. The summed E-state index contributed by atoms with van der Waals surface area (Å²) in [5.74, 6) is -0.482. The van der Waals surface area contributed by atoms with E-state index in [1.807, 2.05) is 24.3 Å². The zero-order valence-electron chi connectivity index (χ0n) is 11.8. The van der Waals surface area contributed by atoms with Crippen LogP contribution >= 0.6 is 0 Å². The predicted molar refractivity (Wildman–Crippen MR) is 81.7 cm³/mol. The molecule has 0 aliphatic carbocycles. The standard InChI is InChI=1S/C17H17FN2O/c1-2-13-3-5-14(6-4-13)11-17(21)20-19-12-15-7-9-16(18)10-8-15/h3-10,12H,2,11H2,1H3,(H,20,21)/b19-12+. The summed E-state index contributed by atoms with van der Waals surface area (Å²) in [5, 5.41) is 3.85. The lowest BCUT2D eigenvalue weighted by atomic mass is 10.1. The van der Waals surface area contributed by atoms with Gasteiger partial charge in [0, 0.05) is 0 Å². The van der Waals surface area contributed by atoms with Crippen LogP contribution in [0.15, 0.2) is 53.6 Å². The third-order valence-corrected chi connectivity index (χ3v) is 3.07. The molecule has 2 aromatic rings. The van der Waals surface area contributed by atoms with Crippen LogP contribution in [0.1, 0.15) is 23.6 Å². The number of amides is 1. The van der Waals surface area contributed by atoms with E-state index in [4.69, 9.17) is 0 Å². The van der Waals surface area contributed by atoms with Crippen molar-refractivity contribution in [3.8, 4) is 0 Å². The molecule has 0 aliphatic heterocycles. The maximum absolute atomic E-state index is 12.7. The van der Waals surface area contributed by atoms with Crippen LogP contribution < -0.4 is 5.43 Å². The Morgan fingerprint density at radius 3 is 2.33 bits per heavy atom. The number of carbonyl (C=O) groups is 1. The molecular formula is C17H17FN2O. The van der Waals surface area contributed by atoms with Crippen molar-refractivity contribution in [1.29, 1.82) is 0 Å². The summed E-state index contributed by atoms with van der Waals surface area (Å²) < 4.78 is 12.7. The summed E-state index contributed by atoms with van der Waals surface area (Å²) in [6, 6.07) is 13.8. The average Bonchev–Trinajstić information content (AvgIpc) is 2.50. The summed E-state index contributed by atoms with van der Waals surface area (Å²) in [5.41, 5.74) is 5.38. The molecule has 108 valence electrons. The number of nitrogens with zero attached hydrogens (tertiary/aromatic N) is 1. The third-order valence-electron chi connectivity index (χ3n) is 3.07. The third kappa shape index (κ3) is 4.84. The first-order chi connectivity index (χ1) is 10.2. The Morgan fingerprint density at radius 1 is 1.10 bits per heavy atom. The molecule has 0 fully saturated rings. The first-order valence-electron chi connectivity index (χ1n) is 6.82. The Kier molecular flexibility index (Phi) is 5.21. The quantitative estimate of drug-likeness (QED) is 0.665. The van der Waals surface area contributed by atoms with E-state index in [-0.39, 0.29) is 18.1 Å². The Balaban J connectivity index is 1.85. The van der Waals surface area contributed by atoms with Gasteiger partial charge in [0.05, 0.1) is 12.6 Å². The van der Waals surface area contributed by atoms with Crippen LogP contribution in [0.4, 0.5) is 4.39 Å². The Hall–Kier alpha value is -2.49. The zero-order valence-corrected chi connectivity index (χ0v) is 11.8. The molecule has 0 spiro atoms. The second-order valence-electron chi connectivity index (χ2n) is 4.69.